The van der Waals surface area contributed by atoms with E-state index in [1.165, 1.54) is 19.1 Å². The Hall–Kier alpha value is -2.96. The minimum Gasteiger partial charge on any atom is -0.493 e. The second-order valence-electron chi connectivity index (χ2n) is 6.34. The number of fused-ring (bicyclic) bond motifs is 1. The van der Waals surface area contributed by atoms with E-state index >= 15 is 0 Å². The molecule has 0 spiro atoms. The fraction of sp³-hybridized carbons (Fsp3) is 0.250. The molecule has 1 aromatic heterocycles. The average molecular weight is 376 g/mol. The number of nitrogens with one attached hydrogen (secondary N) is 2. The lowest BCUT2D eigenvalue weighted by molar-refractivity contribution is -0.137. The zero-order valence-electron chi connectivity index (χ0n) is 14.9. The van der Waals surface area contributed by atoms with Gasteiger partial charge in [-0.15, -0.1) is 0 Å². The van der Waals surface area contributed by atoms with Crippen LogP contribution < -0.4 is 10.1 Å². The number of aryl methyl sites for hydroxylation is 1. The molecule has 0 saturated carbocycles. The molecule has 3 aromatic rings. The molecule has 142 valence electrons. The molecule has 0 aliphatic carbocycles. The Balaban J connectivity index is 1.69. The summed E-state index contributed by atoms with van der Waals surface area (Å²) in [5, 5.41) is 3.70. The minimum atomic E-state index is -4.35. The molecule has 2 aromatic carbocycles. The van der Waals surface area contributed by atoms with Crippen LogP contribution in [-0.4, -0.2) is 17.5 Å². The molecule has 1 heterocycles. The number of hydrogen-bond donors (Lipinski definition) is 2. The first-order valence-corrected chi connectivity index (χ1v) is 8.42. The van der Waals surface area contributed by atoms with E-state index in [9.17, 15) is 18.0 Å². The smallest absolute Gasteiger partial charge is 0.416 e. The SMILES string of the molecule is CC(=O)Nc1c[nH]c2c(C)cc(CCOc3ccc(C(F)(F)F)cc3)cc12. The van der Waals surface area contributed by atoms with Crippen LogP contribution >= 0.6 is 0 Å². The summed E-state index contributed by atoms with van der Waals surface area (Å²) < 4.78 is 43.3. The van der Waals surface area contributed by atoms with Crippen molar-refractivity contribution < 1.29 is 22.7 Å². The second-order valence-corrected chi connectivity index (χ2v) is 6.34. The molecule has 7 heteroatoms. The summed E-state index contributed by atoms with van der Waals surface area (Å²) in [7, 11) is 0. The standard InChI is InChI=1S/C20H19F3N2O2/c1-12-9-14(10-17-18(25-13(2)26)11-24-19(12)17)7-8-27-16-5-3-15(4-6-16)20(21,22)23/h3-6,9-11,24H,7-8H2,1-2H3,(H,25,26). The van der Waals surface area contributed by atoms with E-state index in [0.717, 1.165) is 34.2 Å². The molecule has 0 aliphatic rings. The van der Waals surface area contributed by atoms with Crippen LogP contribution in [0.4, 0.5) is 18.9 Å². The molecule has 4 nitrogen and oxygen atoms in total. The van der Waals surface area contributed by atoms with Gasteiger partial charge in [-0.1, -0.05) is 6.07 Å². The van der Waals surface area contributed by atoms with E-state index in [1.54, 1.807) is 6.20 Å². The van der Waals surface area contributed by atoms with Crippen molar-refractivity contribution in [2.75, 3.05) is 11.9 Å². The Morgan fingerprint density at radius 1 is 1.19 bits per heavy atom. The number of H-pyrrole nitrogens is 1. The van der Waals surface area contributed by atoms with Gasteiger partial charge in [0.2, 0.25) is 5.91 Å². The van der Waals surface area contributed by atoms with E-state index < -0.39 is 11.7 Å². The summed E-state index contributed by atoms with van der Waals surface area (Å²) in [6.07, 6.45) is -2.02. The number of hydrogen-bond acceptors (Lipinski definition) is 2. The van der Waals surface area contributed by atoms with Gasteiger partial charge in [-0.25, -0.2) is 0 Å². The summed E-state index contributed by atoms with van der Waals surface area (Å²) in [5.41, 5.74) is 3.01. The van der Waals surface area contributed by atoms with Crippen LogP contribution in [0.2, 0.25) is 0 Å². The summed E-state index contributed by atoms with van der Waals surface area (Å²) in [6, 6.07) is 8.64. The average Bonchev–Trinajstić information content (AvgIpc) is 2.97. The Bertz CT molecular complexity index is 960. The number of alkyl halides is 3. The molecule has 0 radical (unpaired) electrons. The van der Waals surface area contributed by atoms with Crippen LogP contribution in [0.15, 0.2) is 42.6 Å². The number of amides is 1. The number of ether oxygens (including phenoxy) is 1. The molecule has 1 amide bonds. The number of carbonyl (C=O) groups excluding carboxylic acids is 1. The number of aromatic nitrogens is 1. The molecule has 0 fully saturated rings. The number of carbonyl (C=O) groups is 1. The van der Waals surface area contributed by atoms with E-state index in [-0.39, 0.29) is 5.91 Å². The van der Waals surface area contributed by atoms with E-state index in [0.29, 0.717) is 24.5 Å². The van der Waals surface area contributed by atoms with E-state index in [4.69, 9.17) is 4.74 Å². The van der Waals surface area contributed by atoms with Gasteiger partial charge < -0.3 is 15.0 Å². The van der Waals surface area contributed by atoms with Crippen LogP contribution in [-0.2, 0) is 17.4 Å². The Labute approximate surface area is 154 Å². The first-order chi connectivity index (χ1) is 12.7. The summed E-state index contributed by atoms with van der Waals surface area (Å²) in [4.78, 5) is 14.5. The Morgan fingerprint density at radius 3 is 2.52 bits per heavy atom. The first-order valence-electron chi connectivity index (χ1n) is 8.42. The minimum absolute atomic E-state index is 0.149. The Kier molecular flexibility index (Phi) is 5.12. The molecule has 0 aliphatic heterocycles. The number of rotatable bonds is 5. The van der Waals surface area contributed by atoms with Gasteiger partial charge in [-0.05, 0) is 48.4 Å². The normalized spacial score (nSPS) is 11.6. The quantitative estimate of drug-likeness (QED) is 0.653. The van der Waals surface area contributed by atoms with Crippen molar-refractivity contribution in [2.24, 2.45) is 0 Å². The van der Waals surface area contributed by atoms with E-state index in [2.05, 4.69) is 10.3 Å². The number of aromatic amines is 1. The molecular formula is C20H19F3N2O2. The van der Waals surface area contributed by atoms with Crippen LogP contribution in [0.5, 0.6) is 5.75 Å². The van der Waals surface area contributed by atoms with Crippen molar-refractivity contribution in [2.45, 2.75) is 26.4 Å². The van der Waals surface area contributed by atoms with Gasteiger partial charge in [0.25, 0.3) is 0 Å². The number of halogens is 3. The maximum Gasteiger partial charge on any atom is 0.416 e. The lowest BCUT2D eigenvalue weighted by Crippen LogP contribution is -2.06. The molecule has 0 saturated heterocycles. The maximum absolute atomic E-state index is 12.6. The van der Waals surface area contributed by atoms with Crippen LogP contribution in [0.3, 0.4) is 0 Å². The topological polar surface area (TPSA) is 54.1 Å². The highest BCUT2D eigenvalue weighted by atomic mass is 19.4. The van der Waals surface area contributed by atoms with Crippen molar-refractivity contribution in [1.82, 2.24) is 4.98 Å². The fourth-order valence-corrected chi connectivity index (χ4v) is 2.95. The van der Waals surface area contributed by atoms with Crippen molar-refractivity contribution in [3.8, 4) is 5.75 Å². The van der Waals surface area contributed by atoms with Gasteiger partial charge >= 0.3 is 6.18 Å². The maximum atomic E-state index is 12.6. The van der Waals surface area contributed by atoms with Crippen molar-refractivity contribution in [3.63, 3.8) is 0 Å². The summed E-state index contributed by atoms with van der Waals surface area (Å²) in [6.45, 7) is 3.75. The fourth-order valence-electron chi connectivity index (χ4n) is 2.95. The zero-order chi connectivity index (χ0) is 19.6. The van der Waals surface area contributed by atoms with Crippen molar-refractivity contribution in [1.29, 1.82) is 0 Å². The van der Waals surface area contributed by atoms with Gasteiger partial charge in [-0.2, -0.15) is 13.2 Å². The van der Waals surface area contributed by atoms with Crippen LogP contribution in [0, 0.1) is 6.92 Å². The molecule has 0 unspecified atom stereocenters. The Morgan fingerprint density at radius 2 is 1.89 bits per heavy atom. The predicted octanol–water partition coefficient (Wildman–Crippen LogP) is 5.08. The van der Waals surface area contributed by atoms with Gasteiger partial charge in [0.05, 0.1) is 23.4 Å². The van der Waals surface area contributed by atoms with Gasteiger partial charge in [0, 0.05) is 24.9 Å². The van der Waals surface area contributed by atoms with Crippen molar-refractivity contribution >= 4 is 22.5 Å². The van der Waals surface area contributed by atoms with Crippen LogP contribution in [0.25, 0.3) is 10.9 Å². The molecule has 0 atom stereocenters. The van der Waals surface area contributed by atoms with Crippen molar-refractivity contribution in [3.05, 3.63) is 59.3 Å². The monoisotopic (exact) mass is 376 g/mol. The van der Waals surface area contributed by atoms with Gasteiger partial charge in [0.15, 0.2) is 0 Å². The number of benzene rings is 2. The lowest BCUT2D eigenvalue weighted by atomic mass is 10.0. The van der Waals surface area contributed by atoms with Crippen LogP contribution in [0.1, 0.15) is 23.6 Å². The second kappa shape index (κ2) is 7.34. The largest absolute Gasteiger partial charge is 0.493 e. The van der Waals surface area contributed by atoms with Gasteiger partial charge in [0.1, 0.15) is 5.75 Å². The van der Waals surface area contributed by atoms with E-state index in [1.807, 2.05) is 19.1 Å². The zero-order valence-corrected chi connectivity index (χ0v) is 14.9. The summed E-state index contributed by atoms with van der Waals surface area (Å²) in [5.74, 6) is 0.242. The summed E-state index contributed by atoms with van der Waals surface area (Å²) >= 11 is 0. The molecule has 0 bridgehead atoms. The first kappa shape index (κ1) is 18.8. The lowest BCUT2D eigenvalue weighted by Gasteiger charge is -2.10. The number of anilines is 1. The molecular weight excluding hydrogens is 357 g/mol. The highest BCUT2D eigenvalue weighted by Gasteiger charge is 2.30. The molecule has 3 rings (SSSR count). The van der Waals surface area contributed by atoms with Gasteiger partial charge in [-0.3, -0.25) is 4.79 Å². The third kappa shape index (κ3) is 4.42. The highest BCUT2D eigenvalue weighted by molar-refractivity contribution is 6.02. The molecule has 27 heavy (non-hydrogen) atoms. The molecule has 2 N–H and O–H groups in total. The third-order valence-electron chi connectivity index (χ3n) is 4.20. The third-order valence-corrected chi connectivity index (χ3v) is 4.20. The predicted molar refractivity (Wildman–Crippen MR) is 98.0 cm³/mol. The highest BCUT2D eigenvalue weighted by Crippen LogP contribution is 2.30.